The number of nitrogens with two attached hydrogens (primary N) is 1. The molecule has 170 valence electrons. The van der Waals surface area contributed by atoms with Gasteiger partial charge < -0.3 is 11.1 Å². The molecule has 0 spiro atoms. The summed E-state index contributed by atoms with van der Waals surface area (Å²) in [4.78, 5) is 24.7. The number of primary amides is 1. The van der Waals surface area contributed by atoms with Gasteiger partial charge in [0.15, 0.2) is 0 Å². The van der Waals surface area contributed by atoms with E-state index in [-0.39, 0.29) is 5.91 Å². The highest BCUT2D eigenvalue weighted by Crippen LogP contribution is 2.61. The zero-order valence-electron chi connectivity index (χ0n) is 17.5. The van der Waals surface area contributed by atoms with E-state index in [0.29, 0.717) is 24.3 Å². The summed E-state index contributed by atoms with van der Waals surface area (Å²) >= 11 is 0. The van der Waals surface area contributed by atoms with Crippen molar-refractivity contribution in [3.63, 3.8) is 0 Å². The quantitative estimate of drug-likeness (QED) is 0.608. The van der Waals surface area contributed by atoms with E-state index >= 15 is 0 Å². The Morgan fingerprint density at radius 3 is 2.29 bits per heavy atom. The van der Waals surface area contributed by atoms with E-state index in [2.05, 4.69) is 10.0 Å². The van der Waals surface area contributed by atoms with Crippen LogP contribution in [0, 0.1) is 28.9 Å². The highest BCUT2D eigenvalue weighted by molar-refractivity contribution is 7.89. The van der Waals surface area contributed by atoms with Crippen molar-refractivity contribution < 1.29 is 26.8 Å². The number of carbonyl (C=O) groups excluding carboxylic acids is 2. The Morgan fingerprint density at radius 1 is 1.13 bits per heavy atom. The van der Waals surface area contributed by atoms with Crippen molar-refractivity contribution in [2.45, 2.75) is 68.3 Å². The molecule has 0 saturated heterocycles. The van der Waals surface area contributed by atoms with Gasteiger partial charge in [-0.2, -0.15) is 4.72 Å². The van der Waals surface area contributed by atoms with Crippen molar-refractivity contribution in [1.82, 2.24) is 10.0 Å². The van der Waals surface area contributed by atoms with Gasteiger partial charge in [0.2, 0.25) is 21.8 Å². The molecule has 2 unspecified atom stereocenters. The zero-order chi connectivity index (χ0) is 22.8. The smallest absolute Gasteiger partial charge is 0.244 e. The maximum Gasteiger partial charge on any atom is 0.244 e. The Balaban J connectivity index is 1.55. The predicted molar refractivity (Wildman–Crippen MR) is 108 cm³/mol. The fourth-order valence-corrected chi connectivity index (χ4v) is 7.66. The van der Waals surface area contributed by atoms with E-state index < -0.39 is 49.0 Å². The third kappa shape index (κ3) is 3.84. The lowest BCUT2D eigenvalue weighted by Crippen LogP contribution is -2.68. The third-order valence-corrected chi connectivity index (χ3v) is 8.79. The van der Waals surface area contributed by atoms with Crippen molar-refractivity contribution in [2.24, 2.45) is 23.0 Å². The lowest BCUT2D eigenvalue weighted by Gasteiger charge is -2.61. The average molecular weight is 456 g/mol. The molecule has 5 rings (SSSR count). The summed E-state index contributed by atoms with van der Waals surface area (Å²) in [6, 6.07) is 2.13. The van der Waals surface area contributed by atoms with Crippen molar-refractivity contribution in [1.29, 1.82) is 0 Å². The molecule has 1 aromatic carbocycles. The summed E-state index contributed by atoms with van der Waals surface area (Å²) in [6.07, 6.45) is 4.36. The summed E-state index contributed by atoms with van der Waals surface area (Å²) in [6.45, 7) is 2.76. The standard InChI is InChI=1S/C21H27F2N3O4S/c1-19(2,26-31(29,30)16-4-3-14(22)6-15(16)23)18(28)25-21-9-12-5-13(10-21)8-20(7-12,11-21)17(24)27/h3-4,6,12-13,26H,5,7-11H2,1-2H3,(H2,24,27)(H,25,28). The second-order valence-electron chi connectivity index (χ2n) is 10.1. The van der Waals surface area contributed by atoms with Gasteiger partial charge in [0.1, 0.15) is 22.1 Å². The Labute approximate surface area is 180 Å². The largest absolute Gasteiger partial charge is 0.369 e. The van der Waals surface area contributed by atoms with Crippen molar-refractivity contribution in [3.8, 4) is 0 Å². The van der Waals surface area contributed by atoms with Crippen LogP contribution < -0.4 is 15.8 Å². The summed E-state index contributed by atoms with van der Waals surface area (Å²) in [7, 11) is -4.43. The van der Waals surface area contributed by atoms with Crippen molar-refractivity contribution in [3.05, 3.63) is 29.8 Å². The lowest BCUT2D eigenvalue weighted by atomic mass is 9.46. The van der Waals surface area contributed by atoms with Crippen LogP contribution in [0.2, 0.25) is 0 Å². The molecule has 0 aliphatic heterocycles. The van der Waals surface area contributed by atoms with E-state index in [4.69, 9.17) is 5.73 Å². The van der Waals surface area contributed by atoms with E-state index in [1.807, 2.05) is 0 Å². The van der Waals surface area contributed by atoms with Gasteiger partial charge in [-0.1, -0.05) is 0 Å². The molecule has 4 N–H and O–H groups in total. The molecule has 31 heavy (non-hydrogen) atoms. The number of halogens is 2. The van der Waals surface area contributed by atoms with E-state index in [0.717, 1.165) is 44.2 Å². The van der Waals surface area contributed by atoms with Crippen LogP contribution in [-0.4, -0.2) is 31.3 Å². The third-order valence-electron chi connectivity index (χ3n) is 7.10. The number of nitrogens with one attached hydrogen (secondary N) is 2. The normalized spacial score (nSPS) is 32.1. The first kappa shape index (κ1) is 22.1. The fourth-order valence-electron chi connectivity index (χ4n) is 6.22. The number of rotatable bonds is 6. The summed E-state index contributed by atoms with van der Waals surface area (Å²) in [5.41, 5.74) is 2.89. The second-order valence-corrected chi connectivity index (χ2v) is 11.8. The maximum absolute atomic E-state index is 14.0. The highest BCUT2D eigenvalue weighted by atomic mass is 32.2. The van der Waals surface area contributed by atoms with Gasteiger partial charge in [-0.25, -0.2) is 17.2 Å². The van der Waals surface area contributed by atoms with Crippen molar-refractivity contribution in [2.75, 3.05) is 0 Å². The molecule has 1 aromatic rings. The zero-order valence-corrected chi connectivity index (χ0v) is 18.3. The highest BCUT2D eigenvalue weighted by Gasteiger charge is 2.61. The molecule has 4 fully saturated rings. The molecule has 4 saturated carbocycles. The van der Waals surface area contributed by atoms with Crippen LogP contribution in [0.1, 0.15) is 52.4 Å². The molecule has 7 nitrogen and oxygen atoms in total. The number of hydrogen-bond donors (Lipinski definition) is 3. The van der Waals surface area contributed by atoms with Gasteiger partial charge in [0.25, 0.3) is 0 Å². The fraction of sp³-hybridized carbons (Fsp3) is 0.619. The lowest BCUT2D eigenvalue weighted by molar-refractivity contribution is -0.151. The molecule has 0 aromatic heterocycles. The van der Waals surface area contributed by atoms with Crippen LogP contribution in [0.3, 0.4) is 0 Å². The molecule has 4 bridgehead atoms. The first-order valence-corrected chi connectivity index (χ1v) is 11.9. The van der Waals surface area contributed by atoms with Gasteiger partial charge >= 0.3 is 0 Å². The van der Waals surface area contributed by atoms with Crippen LogP contribution >= 0.6 is 0 Å². The van der Waals surface area contributed by atoms with Crippen LogP contribution in [0.4, 0.5) is 8.78 Å². The van der Waals surface area contributed by atoms with Crippen LogP contribution in [0.15, 0.2) is 23.1 Å². The first-order valence-electron chi connectivity index (χ1n) is 10.4. The topological polar surface area (TPSA) is 118 Å². The molecule has 2 atom stereocenters. The predicted octanol–water partition coefficient (Wildman–Crippen LogP) is 1.96. The Bertz CT molecular complexity index is 1040. The molecule has 4 aliphatic carbocycles. The van der Waals surface area contributed by atoms with E-state index in [1.54, 1.807) is 0 Å². The van der Waals surface area contributed by atoms with E-state index in [9.17, 15) is 26.8 Å². The monoisotopic (exact) mass is 455 g/mol. The van der Waals surface area contributed by atoms with Gasteiger partial charge in [-0.3, -0.25) is 9.59 Å². The van der Waals surface area contributed by atoms with Gasteiger partial charge in [0.05, 0.1) is 5.41 Å². The molecule has 2 amide bonds. The van der Waals surface area contributed by atoms with Gasteiger partial charge in [0, 0.05) is 11.6 Å². The molecule has 10 heteroatoms. The second kappa shape index (κ2) is 6.96. The number of sulfonamides is 1. The minimum absolute atomic E-state index is 0.294. The average Bonchev–Trinajstić information content (AvgIpc) is 2.58. The van der Waals surface area contributed by atoms with Gasteiger partial charge in [-0.05, 0) is 76.3 Å². The van der Waals surface area contributed by atoms with E-state index in [1.165, 1.54) is 13.8 Å². The Morgan fingerprint density at radius 2 is 1.74 bits per heavy atom. The van der Waals surface area contributed by atoms with Crippen LogP contribution in [0.25, 0.3) is 0 Å². The molecule has 4 aliphatic rings. The van der Waals surface area contributed by atoms with Crippen LogP contribution in [0.5, 0.6) is 0 Å². The first-order chi connectivity index (χ1) is 14.3. The molecular formula is C21H27F2N3O4S. The van der Waals surface area contributed by atoms with Gasteiger partial charge in [-0.15, -0.1) is 0 Å². The minimum Gasteiger partial charge on any atom is -0.369 e. The number of carbonyl (C=O) groups is 2. The number of hydrogen-bond acceptors (Lipinski definition) is 4. The van der Waals surface area contributed by atoms with Crippen LogP contribution in [-0.2, 0) is 19.6 Å². The summed E-state index contributed by atoms with van der Waals surface area (Å²) < 4.78 is 54.8. The molecular weight excluding hydrogens is 428 g/mol. The van der Waals surface area contributed by atoms with Crippen molar-refractivity contribution >= 4 is 21.8 Å². The summed E-state index contributed by atoms with van der Waals surface area (Å²) in [5, 5.41) is 3.01. The molecule has 0 heterocycles. The molecule has 0 radical (unpaired) electrons. The number of amides is 2. The minimum atomic E-state index is -4.43. The summed E-state index contributed by atoms with van der Waals surface area (Å²) in [5.74, 6) is -2.47. The number of benzene rings is 1. The maximum atomic E-state index is 14.0. The Kier molecular flexibility index (Phi) is 4.97. The Hall–Kier alpha value is -2.07. The SMILES string of the molecule is CC(C)(NS(=O)(=O)c1ccc(F)cc1F)C(=O)NC12CC3CC(C1)CC(C(N)=O)(C3)C2.